The van der Waals surface area contributed by atoms with Crippen LogP contribution >= 0.6 is 11.6 Å². The normalized spacial score (nSPS) is 10.7. The fourth-order valence-electron chi connectivity index (χ4n) is 2.26. The van der Waals surface area contributed by atoms with Crippen molar-refractivity contribution in [1.29, 1.82) is 0 Å². The fourth-order valence-corrected chi connectivity index (χ4v) is 2.48. The molecule has 1 aromatic carbocycles. The van der Waals surface area contributed by atoms with Gasteiger partial charge in [0.25, 0.3) is 5.56 Å². The number of aromatic nitrogens is 2. The third-order valence-electron chi connectivity index (χ3n) is 3.48. The smallest absolute Gasteiger partial charge is 0.344 e. The number of esters is 1. The van der Waals surface area contributed by atoms with E-state index in [4.69, 9.17) is 21.1 Å². The minimum atomic E-state index is -0.670. The van der Waals surface area contributed by atoms with Gasteiger partial charge in [-0.15, -0.1) is 0 Å². The Morgan fingerprint density at radius 1 is 1.27 bits per heavy atom. The zero-order chi connectivity index (χ0) is 18.7. The van der Waals surface area contributed by atoms with Crippen molar-refractivity contribution in [1.82, 2.24) is 9.38 Å². The van der Waals surface area contributed by atoms with Gasteiger partial charge in [0.05, 0.1) is 10.7 Å². The zero-order valence-corrected chi connectivity index (χ0v) is 14.5. The third kappa shape index (κ3) is 4.18. The highest BCUT2D eigenvalue weighted by atomic mass is 35.5. The van der Waals surface area contributed by atoms with Crippen molar-refractivity contribution in [2.24, 2.45) is 0 Å². The molecule has 0 unspecified atom stereocenters. The third-order valence-corrected chi connectivity index (χ3v) is 3.78. The zero-order valence-electron chi connectivity index (χ0n) is 13.7. The van der Waals surface area contributed by atoms with E-state index in [9.17, 15) is 14.0 Å². The molecule has 6 nitrogen and oxygen atoms in total. The minimum Gasteiger partial charge on any atom is -0.480 e. The van der Waals surface area contributed by atoms with Crippen LogP contribution in [0.1, 0.15) is 11.3 Å². The predicted molar refractivity (Wildman–Crippen MR) is 92.9 cm³/mol. The molecule has 0 amide bonds. The maximum absolute atomic E-state index is 13.0. The van der Waals surface area contributed by atoms with Crippen LogP contribution in [-0.2, 0) is 16.1 Å². The van der Waals surface area contributed by atoms with Gasteiger partial charge in [0, 0.05) is 12.3 Å². The molecule has 0 saturated carbocycles. The molecule has 0 aliphatic heterocycles. The monoisotopic (exact) mass is 376 g/mol. The van der Waals surface area contributed by atoms with Crippen LogP contribution in [0.25, 0.3) is 5.65 Å². The first-order valence-corrected chi connectivity index (χ1v) is 8.02. The standard InChI is InChI=1S/C18H14ClFN2O4/c1-11-2-5-16-21-13(7-17(23)22(16)8-11)9-26-18(24)10-25-15-4-3-12(20)6-14(15)19/h2-8H,9-10H2,1H3. The molecule has 0 atom stereocenters. The number of nitrogens with zero attached hydrogens (tertiary/aromatic N) is 2. The van der Waals surface area contributed by atoms with Gasteiger partial charge >= 0.3 is 5.97 Å². The number of benzene rings is 1. The van der Waals surface area contributed by atoms with Gasteiger partial charge in [-0.25, -0.2) is 14.2 Å². The van der Waals surface area contributed by atoms with Crippen molar-refractivity contribution in [2.75, 3.05) is 6.61 Å². The van der Waals surface area contributed by atoms with Gasteiger partial charge in [0.1, 0.15) is 23.8 Å². The van der Waals surface area contributed by atoms with Crippen LogP contribution in [0.4, 0.5) is 4.39 Å². The van der Waals surface area contributed by atoms with Crippen molar-refractivity contribution in [3.05, 3.63) is 75.0 Å². The number of fused-ring (bicyclic) bond motifs is 1. The summed E-state index contributed by atoms with van der Waals surface area (Å²) in [6.45, 7) is 1.30. The van der Waals surface area contributed by atoms with Crippen LogP contribution in [0, 0.1) is 12.7 Å². The summed E-state index contributed by atoms with van der Waals surface area (Å²) >= 11 is 5.81. The lowest BCUT2D eigenvalue weighted by Crippen LogP contribution is -2.18. The Morgan fingerprint density at radius 3 is 2.85 bits per heavy atom. The second-order valence-corrected chi connectivity index (χ2v) is 5.95. The summed E-state index contributed by atoms with van der Waals surface area (Å²) in [5.41, 5.74) is 1.45. The largest absolute Gasteiger partial charge is 0.480 e. The summed E-state index contributed by atoms with van der Waals surface area (Å²) in [5.74, 6) is -1.01. The van der Waals surface area contributed by atoms with E-state index >= 15 is 0 Å². The first-order valence-electron chi connectivity index (χ1n) is 7.65. The van der Waals surface area contributed by atoms with Gasteiger partial charge in [-0.05, 0) is 36.8 Å². The lowest BCUT2D eigenvalue weighted by Gasteiger charge is -2.09. The van der Waals surface area contributed by atoms with Crippen molar-refractivity contribution in [3.63, 3.8) is 0 Å². The van der Waals surface area contributed by atoms with Crippen molar-refractivity contribution < 1.29 is 18.7 Å². The topological polar surface area (TPSA) is 69.9 Å². The molecule has 134 valence electrons. The summed E-state index contributed by atoms with van der Waals surface area (Å²) in [5, 5.41) is 0.0531. The van der Waals surface area contributed by atoms with Crippen LogP contribution in [0.2, 0.25) is 5.02 Å². The van der Waals surface area contributed by atoms with Crippen LogP contribution in [0.15, 0.2) is 47.4 Å². The molecule has 0 fully saturated rings. The minimum absolute atomic E-state index is 0.0531. The number of aryl methyl sites for hydroxylation is 1. The number of rotatable bonds is 5. The Labute approximate surface area is 152 Å². The highest BCUT2D eigenvalue weighted by Crippen LogP contribution is 2.24. The van der Waals surface area contributed by atoms with E-state index in [1.54, 1.807) is 12.3 Å². The van der Waals surface area contributed by atoms with E-state index in [-0.39, 0.29) is 22.9 Å². The van der Waals surface area contributed by atoms with Gasteiger partial charge in [0.2, 0.25) is 0 Å². The first kappa shape index (κ1) is 17.9. The lowest BCUT2D eigenvalue weighted by atomic mass is 10.3. The van der Waals surface area contributed by atoms with E-state index in [0.29, 0.717) is 11.3 Å². The predicted octanol–water partition coefficient (Wildman–Crippen LogP) is 2.92. The SMILES string of the molecule is Cc1ccc2nc(COC(=O)COc3ccc(F)cc3Cl)cc(=O)n2c1. The second-order valence-electron chi connectivity index (χ2n) is 5.54. The quantitative estimate of drug-likeness (QED) is 0.640. The number of hydrogen-bond acceptors (Lipinski definition) is 5. The van der Waals surface area contributed by atoms with E-state index in [2.05, 4.69) is 4.98 Å². The van der Waals surface area contributed by atoms with Crippen molar-refractivity contribution >= 4 is 23.2 Å². The van der Waals surface area contributed by atoms with Crippen LogP contribution in [0.5, 0.6) is 5.75 Å². The Kier molecular flexibility index (Phi) is 5.18. The van der Waals surface area contributed by atoms with Gasteiger partial charge in [-0.1, -0.05) is 17.7 Å². The molecule has 0 spiro atoms. The average molecular weight is 377 g/mol. The Morgan fingerprint density at radius 2 is 2.08 bits per heavy atom. The second kappa shape index (κ2) is 7.53. The number of hydrogen-bond donors (Lipinski definition) is 0. The average Bonchev–Trinajstić information content (AvgIpc) is 2.60. The molecule has 0 radical (unpaired) electrons. The number of ether oxygens (including phenoxy) is 2. The van der Waals surface area contributed by atoms with Crippen LogP contribution < -0.4 is 10.3 Å². The van der Waals surface area contributed by atoms with Crippen LogP contribution in [0.3, 0.4) is 0 Å². The molecule has 26 heavy (non-hydrogen) atoms. The summed E-state index contributed by atoms with van der Waals surface area (Å²) in [4.78, 5) is 28.1. The van der Waals surface area contributed by atoms with Crippen molar-refractivity contribution in [3.8, 4) is 5.75 Å². The first-order chi connectivity index (χ1) is 12.4. The number of pyridine rings is 1. The molecule has 8 heteroatoms. The molecule has 0 saturated heterocycles. The van der Waals surface area contributed by atoms with Gasteiger partial charge in [-0.2, -0.15) is 0 Å². The molecule has 0 aliphatic rings. The van der Waals surface area contributed by atoms with Gasteiger partial charge < -0.3 is 9.47 Å². The van der Waals surface area contributed by atoms with E-state index < -0.39 is 18.4 Å². The summed E-state index contributed by atoms with van der Waals surface area (Å²) in [6.07, 6.45) is 1.68. The van der Waals surface area contributed by atoms with E-state index in [1.165, 1.54) is 22.6 Å². The number of halogens is 2. The Bertz CT molecular complexity index is 1040. The molecule has 2 aromatic heterocycles. The molecular formula is C18H14ClFN2O4. The Hall–Kier alpha value is -2.93. The maximum Gasteiger partial charge on any atom is 0.344 e. The van der Waals surface area contributed by atoms with Gasteiger partial charge in [-0.3, -0.25) is 9.20 Å². The molecule has 0 bridgehead atoms. The number of carbonyl (C=O) groups excluding carboxylic acids is 1. The van der Waals surface area contributed by atoms with E-state index in [1.807, 2.05) is 13.0 Å². The summed E-state index contributed by atoms with van der Waals surface area (Å²) in [7, 11) is 0. The molecular weight excluding hydrogens is 363 g/mol. The highest BCUT2D eigenvalue weighted by Gasteiger charge is 2.10. The lowest BCUT2D eigenvalue weighted by molar-refractivity contribution is -0.147. The molecule has 2 heterocycles. The molecule has 0 aliphatic carbocycles. The fraction of sp³-hybridized carbons (Fsp3) is 0.167. The van der Waals surface area contributed by atoms with Crippen molar-refractivity contribution in [2.45, 2.75) is 13.5 Å². The summed E-state index contributed by atoms with van der Waals surface area (Å²) in [6, 6.07) is 8.41. The highest BCUT2D eigenvalue weighted by molar-refractivity contribution is 6.32. The molecule has 0 N–H and O–H groups in total. The van der Waals surface area contributed by atoms with E-state index in [0.717, 1.165) is 11.6 Å². The molecule has 3 aromatic rings. The molecule has 3 rings (SSSR count). The van der Waals surface area contributed by atoms with Crippen LogP contribution in [-0.4, -0.2) is 22.0 Å². The Balaban J connectivity index is 1.61. The maximum atomic E-state index is 13.0. The number of carbonyl (C=O) groups is 1. The summed E-state index contributed by atoms with van der Waals surface area (Å²) < 4.78 is 24.6. The van der Waals surface area contributed by atoms with Gasteiger partial charge in [0.15, 0.2) is 6.61 Å².